The zero-order valence-corrected chi connectivity index (χ0v) is 10.7. The Morgan fingerprint density at radius 1 is 1.13 bits per heavy atom. The van der Waals surface area contributed by atoms with Crippen LogP contribution in [0.4, 0.5) is 0 Å². The van der Waals surface area contributed by atoms with Crippen LogP contribution in [0.3, 0.4) is 0 Å². The third-order valence-corrected chi connectivity index (χ3v) is 3.24. The molecule has 0 saturated heterocycles. The number of rotatable bonds is 3. The van der Waals surface area contributed by atoms with Gasteiger partial charge in [0.05, 0.1) is 0 Å². The summed E-state index contributed by atoms with van der Waals surface area (Å²) < 4.78 is 0. The molecule has 0 atom stereocenters. The van der Waals surface area contributed by atoms with E-state index in [1.807, 2.05) is 0 Å². The van der Waals surface area contributed by atoms with E-state index in [1.54, 1.807) is 0 Å². The van der Waals surface area contributed by atoms with Crippen molar-refractivity contribution in [2.45, 2.75) is 64.3 Å². The van der Waals surface area contributed by atoms with E-state index in [4.69, 9.17) is 12.2 Å². The molecule has 15 heavy (non-hydrogen) atoms. The molecule has 1 saturated carbocycles. The fourth-order valence-corrected chi connectivity index (χ4v) is 2.34. The highest BCUT2D eigenvalue weighted by molar-refractivity contribution is 7.80. The normalized spacial score (nSPS) is 19.0. The molecule has 1 aliphatic carbocycles. The quantitative estimate of drug-likeness (QED) is 0.726. The molecule has 2 nitrogen and oxygen atoms in total. The maximum absolute atomic E-state index is 5.26. The molecule has 0 aromatic carbocycles. The van der Waals surface area contributed by atoms with Crippen LogP contribution < -0.4 is 10.6 Å². The zero-order valence-electron chi connectivity index (χ0n) is 9.85. The van der Waals surface area contributed by atoms with Crippen LogP contribution in [-0.4, -0.2) is 17.7 Å². The predicted octanol–water partition coefficient (Wildman–Crippen LogP) is 2.97. The summed E-state index contributed by atoms with van der Waals surface area (Å²) in [6.45, 7) is 3.14. The Morgan fingerprint density at radius 3 is 2.33 bits per heavy atom. The van der Waals surface area contributed by atoms with Gasteiger partial charge in [-0.25, -0.2) is 0 Å². The van der Waals surface area contributed by atoms with E-state index >= 15 is 0 Å². The molecule has 3 heteroatoms. The average Bonchev–Trinajstić information content (AvgIpc) is 2.19. The van der Waals surface area contributed by atoms with Crippen LogP contribution in [-0.2, 0) is 0 Å². The highest BCUT2D eigenvalue weighted by Crippen LogP contribution is 2.16. The summed E-state index contributed by atoms with van der Waals surface area (Å²) in [6, 6.07) is 0.613. The lowest BCUT2D eigenvalue weighted by atomic mass is 9.97. The van der Waals surface area contributed by atoms with E-state index in [9.17, 15) is 0 Å². The van der Waals surface area contributed by atoms with Crippen molar-refractivity contribution in [3.8, 4) is 0 Å². The molecule has 0 aromatic heterocycles. The van der Waals surface area contributed by atoms with Crippen LogP contribution in [0.15, 0.2) is 0 Å². The van der Waals surface area contributed by atoms with Crippen molar-refractivity contribution in [3.05, 3.63) is 0 Å². The van der Waals surface area contributed by atoms with E-state index in [0.29, 0.717) is 6.04 Å². The minimum Gasteiger partial charge on any atom is -0.363 e. The van der Waals surface area contributed by atoms with Crippen molar-refractivity contribution in [2.24, 2.45) is 0 Å². The minimum absolute atomic E-state index is 0.613. The van der Waals surface area contributed by atoms with Crippen LogP contribution in [0, 0.1) is 0 Å². The number of hydrogen-bond donors (Lipinski definition) is 2. The Labute approximate surface area is 99.2 Å². The molecule has 1 rings (SSSR count). The molecular formula is C12H24N2S. The van der Waals surface area contributed by atoms with Crippen LogP contribution in [0.5, 0.6) is 0 Å². The molecule has 0 heterocycles. The van der Waals surface area contributed by atoms with Crippen LogP contribution in [0.1, 0.15) is 58.3 Å². The topological polar surface area (TPSA) is 24.1 Å². The van der Waals surface area contributed by atoms with Crippen molar-refractivity contribution >= 4 is 17.3 Å². The van der Waals surface area contributed by atoms with Crippen molar-refractivity contribution < 1.29 is 0 Å². The molecule has 2 N–H and O–H groups in total. The highest BCUT2D eigenvalue weighted by Gasteiger charge is 2.11. The second-order valence-corrected chi connectivity index (χ2v) is 4.85. The van der Waals surface area contributed by atoms with E-state index in [2.05, 4.69) is 17.6 Å². The van der Waals surface area contributed by atoms with Crippen molar-refractivity contribution in [2.75, 3.05) is 6.54 Å². The maximum Gasteiger partial charge on any atom is 0.166 e. The first kappa shape index (κ1) is 12.8. The van der Waals surface area contributed by atoms with Gasteiger partial charge in [0.2, 0.25) is 0 Å². The lowest BCUT2D eigenvalue weighted by Crippen LogP contribution is -2.42. The van der Waals surface area contributed by atoms with Gasteiger partial charge in [0, 0.05) is 12.6 Å². The van der Waals surface area contributed by atoms with E-state index < -0.39 is 0 Å². The first-order valence-electron chi connectivity index (χ1n) is 6.37. The summed E-state index contributed by atoms with van der Waals surface area (Å²) in [7, 11) is 0. The van der Waals surface area contributed by atoms with Gasteiger partial charge in [0.1, 0.15) is 0 Å². The average molecular weight is 228 g/mol. The summed E-state index contributed by atoms with van der Waals surface area (Å²) >= 11 is 5.26. The Bertz CT molecular complexity index is 174. The first-order chi connectivity index (χ1) is 7.33. The van der Waals surface area contributed by atoms with Crippen molar-refractivity contribution in [3.63, 3.8) is 0 Å². The van der Waals surface area contributed by atoms with Gasteiger partial charge >= 0.3 is 0 Å². The Balaban J connectivity index is 2.19. The smallest absolute Gasteiger partial charge is 0.166 e. The zero-order chi connectivity index (χ0) is 10.9. The van der Waals surface area contributed by atoms with E-state index in [1.165, 1.54) is 44.9 Å². The van der Waals surface area contributed by atoms with Crippen LogP contribution in [0.2, 0.25) is 0 Å². The Morgan fingerprint density at radius 2 is 1.73 bits per heavy atom. The van der Waals surface area contributed by atoms with Gasteiger partial charge in [-0.3, -0.25) is 0 Å². The molecule has 0 aliphatic heterocycles. The number of nitrogens with one attached hydrogen (secondary N) is 2. The molecule has 0 bridgehead atoms. The Hall–Kier alpha value is -0.310. The molecule has 1 aliphatic rings. The van der Waals surface area contributed by atoms with Gasteiger partial charge in [0.25, 0.3) is 0 Å². The lowest BCUT2D eigenvalue weighted by molar-refractivity contribution is 0.427. The molecule has 88 valence electrons. The predicted molar refractivity (Wildman–Crippen MR) is 70.1 cm³/mol. The second kappa shape index (κ2) is 7.91. The molecule has 0 amide bonds. The third-order valence-electron chi connectivity index (χ3n) is 2.98. The fourth-order valence-electron chi connectivity index (χ4n) is 2.08. The third kappa shape index (κ3) is 5.98. The summed E-state index contributed by atoms with van der Waals surface area (Å²) in [5.74, 6) is 0. The van der Waals surface area contributed by atoms with Crippen molar-refractivity contribution in [1.82, 2.24) is 10.6 Å². The molecule has 0 spiro atoms. The van der Waals surface area contributed by atoms with Gasteiger partial charge in [-0.15, -0.1) is 0 Å². The standard InChI is InChI=1S/C12H24N2S/c1-2-10-13-12(15)14-11-8-6-4-3-5-7-9-11/h11H,2-10H2,1H3,(H2,13,14,15). The SMILES string of the molecule is CCCNC(=S)NC1CCCCCCC1. The van der Waals surface area contributed by atoms with Crippen LogP contribution >= 0.6 is 12.2 Å². The molecule has 1 fully saturated rings. The van der Waals surface area contributed by atoms with E-state index in [0.717, 1.165) is 18.1 Å². The summed E-state index contributed by atoms with van der Waals surface area (Å²) in [6.07, 6.45) is 10.6. The van der Waals surface area contributed by atoms with Gasteiger partial charge in [-0.2, -0.15) is 0 Å². The number of hydrogen-bond acceptors (Lipinski definition) is 1. The Kier molecular flexibility index (Phi) is 6.73. The fraction of sp³-hybridized carbons (Fsp3) is 0.917. The molecule has 0 radical (unpaired) electrons. The van der Waals surface area contributed by atoms with Gasteiger partial charge in [-0.1, -0.05) is 39.0 Å². The first-order valence-corrected chi connectivity index (χ1v) is 6.78. The molecular weight excluding hydrogens is 204 g/mol. The minimum atomic E-state index is 0.613. The van der Waals surface area contributed by atoms with Gasteiger partial charge in [0.15, 0.2) is 5.11 Å². The van der Waals surface area contributed by atoms with E-state index in [-0.39, 0.29) is 0 Å². The van der Waals surface area contributed by atoms with Gasteiger partial charge in [-0.05, 0) is 31.5 Å². The highest BCUT2D eigenvalue weighted by atomic mass is 32.1. The summed E-state index contributed by atoms with van der Waals surface area (Å²) in [4.78, 5) is 0. The lowest BCUT2D eigenvalue weighted by Gasteiger charge is -2.22. The largest absolute Gasteiger partial charge is 0.363 e. The molecule has 0 unspecified atom stereocenters. The van der Waals surface area contributed by atoms with Crippen LogP contribution in [0.25, 0.3) is 0 Å². The summed E-state index contributed by atoms with van der Waals surface area (Å²) in [5.41, 5.74) is 0. The van der Waals surface area contributed by atoms with Crippen molar-refractivity contribution in [1.29, 1.82) is 0 Å². The second-order valence-electron chi connectivity index (χ2n) is 4.44. The number of thiocarbonyl (C=S) groups is 1. The molecule has 0 aromatic rings. The maximum atomic E-state index is 5.26. The monoisotopic (exact) mass is 228 g/mol. The van der Waals surface area contributed by atoms with Gasteiger partial charge < -0.3 is 10.6 Å². The summed E-state index contributed by atoms with van der Waals surface area (Å²) in [5, 5.41) is 7.53.